The number of rotatable bonds is 6. The number of amides is 1. The Morgan fingerprint density at radius 2 is 2.30 bits per heavy atom. The number of likely N-dealkylation sites (N-methyl/N-ethyl adjacent to an activating group) is 1. The van der Waals surface area contributed by atoms with Gasteiger partial charge < -0.3 is 15.3 Å². The highest BCUT2D eigenvalue weighted by atomic mass is 32.1. The van der Waals surface area contributed by atoms with Crippen LogP contribution in [-0.4, -0.2) is 46.5 Å². The lowest BCUT2D eigenvalue weighted by molar-refractivity contribution is -0.119. The molecule has 20 heavy (non-hydrogen) atoms. The second-order valence-electron chi connectivity index (χ2n) is 4.35. The number of nitrogens with zero attached hydrogens (tertiary/aromatic N) is 3. The Bertz CT molecular complexity index is 634. The number of thiazole rings is 1. The number of carbonyl (C=O) groups is 2. The molecular weight excluding hydrogens is 280 g/mol. The van der Waals surface area contributed by atoms with Gasteiger partial charge >= 0.3 is 5.97 Å². The van der Waals surface area contributed by atoms with Crippen LogP contribution in [0, 0.1) is 0 Å². The minimum absolute atomic E-state index is 0.0745. The summed E-state index contributed by atoms with van der Waals surface area (Å²) < 4.78 is 1.52. The van der Waals surface area contributed by atoms with Crippen molar-refractivity contribution in [2.75, 3.05) is 25.0 Å². The van der Waals surface area contributed by atoms with Crippen LogP contribution in [-0.2, 0) is 4.79 Å². The molecule has 0 aliphatic carbocycles. The highest BCUT2D eigenvalue weighted by Gasteiger charge is 2.23. The van der Waals surface area contributed by atoms with Crippen molar-refractivity contribution >= 4 is 34.0 Å². The van der Waals surface area contributed by atoms with E-state index in [9.17, 15) is 14.7 Å². The van der Waals surface area contributed by atoms with E-state index >= 15 is 0 Å². The third-order valence-electron chi connectivity index (χ3n) is 2.76. The SMILES string of the molecule is CCCNC(=O)CN(C)c1nc2sccn2c1C(=O)O. The molecule has 0 radical (unpaired) electrons. The maximum atomic E-state index is 11.7. The zero-order valence-corrected chi connectivity index (χ0v) is 12.1. The molecule has 2 aromatic rings. The van der Waals surface area contributed by atoms with Crippen molar-refractivity contribution in [3.05, 3.63) is 17.3 Å². The van der Waals surface area contributed by atoms with E-state index in [2.05, 4.69) is 10.3 Å². The summed E-state index contributed by atoms with van der Waals surface area (Å²) in [4.78, 5) is 29.5. The molecule has 1 amide bonds. The van der Waals surface area contributed by atoms with Crippen LogP contribution in [0.15, 0.2) is 11.6 Å². The normalized spacial score (nSPS) is 10.7. The zero-order valence-electron chi connectivity index (χ0n) is 11.3. The fourth-order valence-corrected chi connectivity index (χ4v) is 2.56. The van der Waals surface area contributed by atoms with E-state index in [1.54, 1.807) is 23.5 Å². The van der Waals surface area contributed by atoms with E-state index < -0.39 is 5.97 Å². The largest absolute Gasteiger partial charge is 0.476 e. The lowest BCUT2D eigenvalue weighted by Crippen LogP contribution is -2.36. The summed E-state index contributed by atoms with van der Waals surface area (Å²) in [6.45, 7) is 2.65. The van der Waals surface area contributed by atoms with Gasteiger partial charge in [-0.25, -0.2) is 9.78 Å². The van der Waals surface area contributed by atoms with Crippen LogP contribution >= 0.6 is 11.3 Å². The second-order valence-corrected chi connectivity index (χ2v) is 5.22. The Kier molecular flexibility index (Phi) is 4.23. The minimum Gasteiger partial charge on any atom is -0.476 e. The first-order chi connectivity index (χ1) is 9.54. The van der Waals surface area contributed by atoms with Crippen LogP contribution in [0.25, 0.3) is 4.96 Å². The van der Waals surface area contributed by atoms with Crippen LogP contribution < -0.4 is 10.2 Å². The number of nitrogens with one attached hydrogen (secondary N) is 1. The summed E-state index contributed by atoms with van der Waals surface area (Å²) in [7, 11) is 1.66. The number of carboxylic acid groups (broad SMARTS) is 1. The molecule has 0 aliphatic rings. The molecule has 0 unspecified atom stereocenters. The number of hydrogen-bond acceptors (Lipinski definition) is 5. The Morgan fingerprint density at radius 1 is 1.55 bits per heavy atom. The maximum absolute atomic E-state index is 11.7. The molecule has 8 heteroatoms. The van der Waals surface area contributed by atoms with Crippen molar-refractivity contribution < 1.29 is 14.7 Å². The summed E-state index contributed by atoms with van der Waals surface area (Å²) >= 11 is 1.35. The van der Waals surface area contributed by atoms with Gasteiger partial charge in [0.15, 0.2) is 16.5 Å². The summed E-state index contributed by atoms with van der Waals surface area (Å²) in [6, 6.07) is 0. The summed E-state index contributed by atoms with van der Waals surface area (Å²) in [5.74, 6) is -0.912. The predicted octanol–water partition coefficient (Wildman–Crippen LogP) is 1.06. The summed E-state index contributed by atoms with van der Waals surface area (Å²) in [5.41, 5.74) is 0.0760. The van der Waals surface area contributed by atoms with Gasteiger partial charge in [-0.1, -0.05) is 6.92 Å². The van der Waals surface area contributed by atoms with E-state index in [0.717, 1.165) is 6.42 Å². The smallest absolute Gasteiger partial charge is 0.356 e. The molecule has 0 saturated carbocycles. The van der Waals surface area contributed by atoms with Gasteiger partial charge in [0.2, 0.25) is 5.91 Å². The lowest BCUT2D eigenvalue weighted by Gasteiger charge is -2.16. The quantitative estimate of drug-likeness (QED) is 0.832. The third kappa shape index (κ3) is 2.74. The van der Waals surface area contributed by atoms with Crippen molar-refractivity contribution in [2.45, 2.75) is 13.3 Å². The first-order valence-corrected chi connectivity index (χ1v) is 7.09. The van der Waals surface area contributed by atoms with Crippen LogP contribution in [0.2, 0.25) is 0 Å². The van der Waals surface area contributed by atoms with Crippen molar-refractivity contribution in [2.24, 2.45) is 0 Å². The molecule has 0 aliphatic heterocycles. The van der Waals surface area contributed by atoms with Gasteiger partial charge in [0.05, 0.1) is 6.54 Å². The van der Waals surface area contributed by atoms with Crippen molar-refractivity contribution in [3.63, 3.8) is 0 Å². The van der Waals surface area contributed by atoms with Crippen LogP contribution in [0.4, 0.5) is 5.82 Å². The Hall–Kier alpha value is -2.09. The van der Waals surface area contributed by atoms with Gasteiger partial charge in [-0.15, -0.1) is 11.3 Å². The molecule has 0 fully saturated rings. The van der Waals surface area contributed by atoms with Gasteiger partial charge in [-0.05, 0) is 6.42 Å². The molecular formula is C12H16N4O3S. The van der Waals surface area contributed by atoms with Gasteiger partial charge in [0, 0.05) is 25.2 Å². The fraction of sp³-hybridized carbons (Fsp3) is 0.417. The molecule has 7 nitrogen and oxygen atoms in total. The first-order valence-electron chi connectivity index (χ1n) is 6.21. The van der Waals surface area contributed by atoms with E-state index in [1.165, 1.54) is 15.7 Å². The van der Waals surface area contributed by atoms with Crippen molar-refractivity contribution in [3.8, 4) is 0 Å². The molecule has 2 N–H and O–H groups in total. The van der Waals surface area contributed by atoms with E-state index in [0.29, 0.717) is 17.3 Å². The maximum Gasteiger partial charge on any atom is 0.356 e. The first kappa shape index (κ1) is 14.3. The van der Waals surface area contributed by atoms with Crippen molar-refractivity contribution in [1.82, 2.24) is 14.7 Å². The minimum atomic E-state index is -1.06. The number of carbonyl (C=O) groups excluding carboxylic acids is 1. The second kappa shape index (κ2) is 5.91. The van der Waals surface area contributed by atoms with Gasteiger partial charge in [-0.3, -0.25) is 9.20 Å². The Morgan fingerprint density at radius 3 is 2.95 bits per heavy atom. The van der Waals surface area contributed by atoms with E-state index in [4.69, 9.17) is 0 Å². The average Bonchev–Trinajstić information content (AvgIpc) is 2.95. The highest BCUT2D eigenvalue weighted by molar-refractivity contribution is 7.15. The van der Waals surface area contributed by atoms with Crippen LogP contribution in [0.1, 0.15) is 23.8 Å². The van der Waals surface area contributed by atoms with Gasteiger partial charge in [0.25, 0.3) is 0 Å². The molecule has 0 spiro atoms. The fourth-order valence-electron chi connectivity index (χ4n) is 1.85. The summed E-state index contributed by atoms with van der Waals surface area (Å²) in [5, 5.41) is 13.8. The third-order valence-corrected chi connectivity index (χ3v) is 3.52. The van der Waals surface area contributed by atoms with Gasteiger partial charge in [-0.2, -0.15) is 0 Å². The molecule has 2 aromatic heterocycles. The number of imidazole rings is 1. The van der Waals surface area contributed by atoms with E-state index in [-0.39, 0.29) is 18.1 Å². The summed E-state index contributed by atoms with van der Waals surface area (Å²) in [6.07, 6.45) is 2.51. The van der Waals surface area contributed by atoms with Crippen molar-refractivity contribution in [1.29, 1.82) is 0 Å². The number of anilines is 1. The number of hydrogen-bond donors (Lipinski definition) is 2. The molecule has 2 rings (SSSR count). The van der Waals surface area contributed by atoms with Gasteiger partial charge in [0.1, 0.15) is 0 Å². The number of aromatic carboxylic acids is 1. The zero-order chi connectivity index (χ0) is 14.7. The number of aromatic nitrogens is 2. The molecule has 0 aromatic carbocycles. The molecule has 0 bridgehead atoms. The molecule has 0 saturated heterocycles. The molecule has 108 valence electrons. The van der Waals surface area contributed by atoms with Crippen LogP contribution in [0.5, 0.6) is 0 Å². The Labute approximate surface area is 119 Å². The highest BCUT2D eigenvalue weighted by Crippen LogP contribution is 2.23. The monoisotopic (exact) mass is 296 g/mol. The Balaban J connectivity index is 2.23. The topological polar surface area (TPSA) is 86.9 Å². The lowest BCUT2D eigenvalue weighted by atomic mass is 10.4. The van der Waals surface area contributed by atoms with Crippen LogP contribution in [0.3, 0.4) is 0 Å². The average molecular weight is 296 g/mol. The number of fused-ring (bicyclic) bond motifs is 1. The molecule has 0 atom stereocenters. The standard InChI is InChI=1S/C12H16N4O3S/c1-3-4-13-8(17)7-15(2)10-9(11(18)19)16-5-6-20-12(16)14-10/h5-6H,3-4,7H2,1-2H3,(H,13,17)(H,18,19). The molecule has 2 heterocycles. The predicted molar refractivity (Wildman–Crippen MR) is 76.6 cm³/mol. The number of carboxylic acids is 1. The van der Waals surface area contributed by atoms with E-state index in [1.807, 2.05) is 6.92 Å².